The molecule has 0 aliphatic heterocycles. The maximum Gasteiger partial charge on any atom is 0.343 e. The maximum absolute atomic E-state index is 11.6. The highest BCUT2D eigenvalue weighted by atomic mass is 16.5. The molecule has 6 heteroatoms. The molecule has 1 rings (SSSR count). The third-order valence-corrected chi connectivity index (χ3v) is 2.00. The van der Waals surface area contributed by atoms with E-state index in [2.05, 4.69) is 5.10 Å². The largest absolute Gasteiger partial charge is 0.462 e. The van der Waals surface area contributed by atoms with Crippen molar-refractivity contribution in [2.75, 3.05) is 12.3 Å². The Morgan fingerprint density at radius 1 is 1.56 bits per heavy atom. The van der Waals surface area contributed by atoms with Crippen LogP contribution in [-0.2, 0) is 4.74 Å². The van der Waals surface area contributed by atoms with Crippen molar-refractivity contribution in [2.24, 2.45) is 5.92 Å². The normalized spacial score (nSPS) is 10.5. The Morgan fingerprint density at radius 3 is 2.69 bits per heavy atom. The fourth-order valence-corrected chi connectivity index (χ4v) is 1.14. The number of carbonyl (C=O) groups is 2. The molecular formula is C10H15N3O3. The first-order valence-electron chi connectivity index (χ1n) is 5.03. The van der Waals surface area contributed by atoms with Gasteiger partial charge in [-0.25, -0.2) is 4.79 Å². The van der Waals surface area contributed by atoms with Crippen molar-refractivity contribution >= 4 is 17.7 Å². The molecular weight excluding hydrogens is 210 g/mol. The van der Waals surface area contributed by atoms with Gasteiger partial charge in [-0.05, 0) is 6.92 Å². The summed E-state index contributed by atoms with van der Waals surface area (Å²) in [7, 11) is 0. The van der Waals surface area contributed by atoms with Gasteiger partial charge in [-0.2, -0.15) is 9.78 Å². The summed E-state index contributed by atoms with van der Waals surface area (Å²) in [6.45, 7) is 5.40. The van der Waals surface area contributed by atoms with E-state index in [1.54, 1.807) is 20.8 Å². The SMILES string of the molecule is CCOC(=O)c1cnn(C(=O)C(C)C)c1N. The number of nitrogens with zero attached hydrogens (tertiary/aromatic N) is 2. The Labute approximate surface area is 93.4 Å². The smallest absolute Gasteiger partial charge is 0.343 e. The van der Waals surface area contributed by atoms with Crippen molar-refractivity contribution in [3.63, 3.8) is 0 Å². The van der Waals surface area contributed by atoms with Gasteiger partial charge in [0.25, 0.3) is 5.91 Å². The lowest BCUT2D eigenvalue weighted by atomic mass is 10.2. The number of hydrogen-bond acceptors (Lipinski definition) is 5. The van der Waals surface area contributed by atoms with Gasteiger partial charge in [-0.15, -0.1) is 0 Å². The summed E-state index contributed by atoms with van der Waals surface area (Å²) >= 11 is 0. The van der Waals surface area contributed by atoms with E-state index in [-0.39, 0.29) is 29.8 Å². The average Bonchev–Trinajstić information content (AvgIpc) is 2.59. The van der Waals surface area contributed by atoms with Crippen LogP contribution in [0.3, 0.4) is 0 Å². The van der Waals surface area contributed by atoms with Crippen molar-refractivity contribution in [3.05, 3.63) is 11.8 Å². The molecule has 0 atom stereocenters. The van der Waals surface area contributed by atoms with Crippen molar-refractivity contribution in [1.29, 1.82) is 0 Å². The Kier molecular flexibility index (Phi) is 3.65. The standard InChI is InChI=1S/C10H15N3O3/c1-4-16-10(15)7-5-12-13(8(7)11)9(14)6(2)3/h5-6H,4,11H2,1-3H3. The lowest BCUT2D eigenvalue weighted by Gasteiger charge is -2.05. The number of aromatic nitrogens is 2. The quantitative estimate of drug-likeness (QED) is 0.773. The highest BCUT2D eigenvalue weighted by Crippen LogP contribution is 2.14. The fourth-order valence-electron chi connectivity index (χ4n) is 1.14. The van der Waals surface area contributed by atoms with Gasteiger partial charge in [-0.1, -0.05) is 13.8 Å². The molecule has 0 aliphatic carbocycles. The zero-order chi connectivity index (χ0) is 12.3. The van der Waals surface area contributed by atoms with Crippen molar-refractivity contribution in [2.45, 2.75) is 20.8 Å². The molecule has 0 saturated heterocycles. The molecule has 16 heavy (non-hydrogen) atoms. The average molecular weight is 225 g/mol. The summed E-state index contributed by atoms with van der Waals surface area (Å²) in [6.07, 6.45) is 1.24. The first-order valence-corrected chi connectivity index (χ1v) is 5.03. The second-order valence-electron chi connectivity index (χ2n) is 3.57. The lowest BCUT2D eigenvalue weighted by molar-refractivity contribution is 0.0527. The summed E-state index contributed by atoms with van der Waals surface area (Å²) in [4.78, 5) is 23.0. The molecule has 88 valence electrons. The Hall–Kier alpha value is -1.85. The third kappa shape index (κ3) is 2.21. The van der Waals surface area contributed by atoms with Crippen molar-refractivity contribution < 1.29 is 14.3 Å². The Morgan fingerprint density at radius 2 is 2.19 bits per heavy atom. The number of nitrogens with two attached hydrogens (primary N) is 1. The van der Waals surface area contributed by atoms with Crippen LogP contribution in [0.15, 0.2) is 6.20 Å². The van der Waals surface area contributed by atoms with Crippen LogP contribution in [0.2, 0.25) is 0 Å². The molecule has 1 aromatic heterocycles. The highest BCUT2D eigenvalue weighted by Gasteiger charge is 2.21. The van der Waals surface area contributed by atoms with Crippen LogP contribution >= 0.6 is 0 Å². The van der Waals surface area contributed by atoms with Crippen LogP contribution in [0.25, 0.3) is 0 Å². The first kappa shape index (κ1) is 12.2. The fraction of sp³-hybridized carbons (Fsp3) is 0.500. The van der Waals surface area contributed by atoms with E-state index in [1.807, 2.05) is 0 Å². The third-order valence-electron chi connectivity index (χ3n) is 2.00. The molecule has 0 unspecified atom stereocenters. The van der Waals surface area contributed by atoms with E-state index in [4.69, 9.17) is 10.5 Å². The van der Waals surface area contributed by atoms with Gasteiger partial charge >= 0.3 is 5.97 Å². The van der Waals surface area contributed by atoms with E-state index in [9.17, 15) is 9.59 Å². The predicted octanol–water partition coefficient (Wildman–Crippen LogP) is 0.938. The predicted molar refractivity (Wildman–Crippen MR) is 58.1 cm³/mol. The van der Waals surface area contributed by atoms with Gasteiger partial charge in [-0.3, -0.25) is 4.79 Å². The zero-order valence-electron chi connectivity index (χ0n) is 9.56. The summed E-state index contributed by atoms with van der Waals surface area (Å²) in [5.41, 5.74) is 5.77. The van der Waals surface area contributed by atoms with E-state index >= 15 is 0 Å². The number of hydrogen-bond donors (Lipinski definition) is 1. The van der Waals surface area contributed by atoms with E-state index in [0.717, 1.165) is 4.68 Å². The molecule has 1 heterocycles. The van der Waals surface area contributed by atoms with Crippen LogP contribution in [0, 0.1) is 5.92 Å². The van der Waals surface area contributed by atoms with Crippen molar-refractivity contribution in [1.82, 2.24) is 9.78 Å². The molecule has 0 amide bonds. The summed E-state index contributed by atoms with van der Waals surface area (Å²) in [5.74, 6) is -1.04. The van der Waals surface area contributed by atoms with Gasteiger partial charge in [0.1, 0.15) is 11.4 Å². The minimum Gasteiger partial charge on any atom is -0.462 e. The van der Waals surface area contributed by atoms with Crippen LogP contribution in [0.5, 0.6) is 0 Å². The molecule has 0 aliphatic rings. The lowest BCUT2D eigenvalue weighted by Crippen LogP contribution is -2.20. The first-order chi connectivity index (χ1) is 7.49. The number of ether oxygens (including phenoxy) is 1. The molecule has 0 spiro atoms. The van der Waals surface area contributed by atoms with Gasteiger partial charge in [0.2, 0.25) is 0 Å². The summed E-state index contributed by atoms with van der Waals surface area (Å²) in [6, 6.07) is 0. The van der Waals surface area contributed by atoms with Gasteiger partial charge < -0.3 is 10.5 Å². The monoisotopic (exact) mass is 225 g/mol. The van der Waals surface area contributed by atoms with Crippen molar-refractivity contribution in [3.8, 4) is 0 Å². The minimum atomic E-state index is -0.567. The topological polar surface area (TPSA) is 87.2 Å². The number of anilines is 1. The Balaban J connectivity index is 3.01. The molecule has 1 aromatic rings. The van der Waals surface area contributed by atoms with E-state index in [1.165, 1.54) is 6.20 Å². The summed E-state index contributed by atoms with van der Waals surface area (Å²) < 4.78 is 5.80. The Bertz CT molecular complexity index is 409. The molecule has 0 bridgehead atoms. The second kappa shape index (κ2) is 4.78. The number of nitrogen functional groups attached to an aromatic ring is 1. The molecule has 0 fully saturated rings. The molecule has 0 radical (unpaired) electrons. The maximum atomic E-state index is 11.6. The molecule has 0 aromatic carbocycles. The minimum absolute atomic E-state index is 0.0251. The highest BCUT2D eigenvalue weighted by molar-refractivity contribution is 5.96. The van der Waals surface area contributed by atoms with Crippen LogP contribution in [-0.4, -0.2) is 28.3 Å². The summed E-state index contributed by atoms with van der Waals surface area (Å²) in [5, 5.41) is 3.78. The van der Waals surface area contributed by atoms with Gasteiger partial charge in [0.05, 0.1) is 12.8 Å². The van der Waals surface area contributed by atoms with Crippen LogP contribution in [0.1, 0.15) is 35.9 Å². The molecule has 0 saturated carbocycles. The number of rotatable bonds is 3. The van der Waals surface area contributed by atoms with E-state index < -0.39 is 5.97 Å². The van der Waals surface area contributed by atoms with Gasteiger partial charge in [0.15, 0.2) is 0 Å². The van der Waals surface area contributed by atoms with Crippen LogP contribution < -0.4 is 5.73 Å². The van der Waals surface area contributed by atoms with Gasteiger partial charge in [0, 0.05) is 5.92 Å². The molecule has 2 N–H and O–H groups in total. The molecule has 6 nitrogen and oxygen atoms in total. The zero-order valence-corrected chi connectivity index (χ0v) is 9.56. The number of esters is 1. The van der Waals surface area contributed by atoms with Crippen LogP contribution in [0.4, 0.5) is 5.82 Å². The number of carbonyl (C=O) groups excluding carboxylic acids is 2. The van der Waals surface area contributed by atoms with E-state index in [0.29, 0.717) is 0 Å². The second-order valence-corrected chi connectivity index (χ2v) is 3.57.